The average Bonchev–Trinajstić information content (AvgIpc) is 2.81. The zero-order valence-electron chi connectivity index (χ0n) is 9.69. The van der Waals surface area contributed by atoms with Gasteiger partial charge in [-0.2, -0.15) is 5.10 Å². The molecule has 0 fully saturated rings. The summed E-state index contributed by atoms with van der Waals surface area (Å²) in [6.07, 6.45) is 2.60. The molecular weight excluding hydrogens is 261 g/mol. The fraction of sp³-hybridized carbons (Fsp3) is 0.500. The molecule has 0 saturated carbocycles. The van der Waals surface area contributed by atoms with E-state index in [1.54, 1.807) is 9.36 Å². The van der Waals surface area contributed by atoms with Crippen LogP contribution in [-0.2, 0) is 20.0 Å². The molecule has 0 aromatic carbocycles. The largest absolute Gasteiger partial charge is 0.269 e. The Morgan fingerprint density at radius 1 is 1.41 bits per heavy atom. The van der Waals surface area contributed by atoms with E-state index in [1.165, 1.54) is 0 Å². The molecule has 0 atom stereocenters. The molecule has 0 N–H and O–H groups in total. The molecule has 2 rings (SSSR count). The highest BCUT2D eigenvalue weighted by Gasteiger charge is 2.12. The molecular formula is C10H13Cl2N5. The van der Waals surface area contributed by atoms with Gasteiger partial charge in [-0.15, -0.1) is 16.7 Å². The van der Waals surface area contributed by atoms with E-state index < -0.39 is 0 Å². The summed E-state index contributed by atoms with van der Waals surface area (Å²) < 4.78 is 3.50. The molecule has 2 heterocycles. The molecule has 0 saturated heterocycles. The van der Waals surface area contributed by atoms with Crippen LogP contribution in [0.3, 0.4) is 0 Å². The lowest BCUT2D eigenvalue weighted by atomic mass is 10.3. The first-order valence-corrected chi connectivity index (χ1v) is 6.16. The summed E-state index contributed by atoms with van der Waals surface area (Å²) >= 11 is 11.8. The van der Waals surface area contributed by atoms with Gasteiger partial charge < -0.3 is 0 Å². The third kappa shape index (κ3) is 2.61. The number of hydrogen-bond donors (Lipinski definition) is 0. The smallest absolute Gasteiger partial charge is 0.0866 e. The Morgan fingerprint density at radius 2 is 2.18 bits per heavy atom. The molecule has 0 radical (unpaired) electrons. The summed E-state index contributed by atoms with van der Waals surface area (Å²) in [5.74, 6) is 0.546. The van der Waals surface area contributed by atoms with E-state index in [-0.39, 0.29) is 0 Å². The van der Waals surface area contributed by atoms with Gasteiger partial charge in [-0.05, 0) is 6.92 Å². The van der Waals surface area contributed by atoms with Gasteiger partial charge in [-0.1, -0.05) is 16.8 Å². The molecule has 2 aromatic rings. The summed E-state index contributed by atoms with van der Waals surface area (Å²) in [6.45, 7) is 2.44. The average molecular weight is 274 g/mol. The molecule has 2 aromatic heterocycles. The predicted molar refractivity (Wildman–Crippen MR) is 66.5 cm³/mol. The van der Waals surface area contributed by atoms with Crippen LogP contribution in [-0.4, -0.2) is 30.7 Å². The lowest BCUT2D eigenvalue weighted by molar-refractivity contribution is 0.599. The van der Waals surface area contributed by atoms with E-state index in [9.17, 15) is 0 Å². The lowest BCUT2D eigenvalue weighted by Crippen LogP contribution is -2.06. The summed E-state index contributed by atoms with van der Waals surface area (Å²) in [5.41, 5.74) is 2.63. The Morgan fingerprint density at radius 3 is 2.76 bits per heavy atom. The maximum absolute atomic E-state index is 6.17. The van der Waals surface area contributed by atoms with Crippen molar-refractivity contribution in [3.63, 3.8) is 0 Å². The summed E-state index contributed by atoms with van der Waals surface area (Å²) in [4.78, 5) is 0. The fourth-order valence-corrected chi connectivity index (χ4v) is 2.05. The highest BCUT2D eigenvalue weighted by molar-refractivity contribution is 6.31. The second-order valence-electron chi connectivity index (χ2n) is 3.82. The van der Waals surface area contributed by atoms with Crippen LogP contribution in [0.5, 0.6) is 0 Å². The molecule has 0 aliphatic heterocycles. The summed E-state index contributed by atoms with van der Waals surface area (Å²) in [5, 5.41) is 13.0. The van der Waals surface area contributed by atoms with Crippen molar-refractivity contribution in [2.24, 2.45) is 7.05 Å². The van der Waals surface area contributed by atoms with E-state index in [4.69, 9.17) is 23.2 Å². The van der Waals surface area contributed by atoms with Gasteiger partial charge in [-0.25, -0.2) is 4.68 Å². The van der Waals surface area contributed by atoms with E-state index in [1.807, 2.05) is 20.2 Å². The van der Waals surface area contributed by atoms with Gasteiger partial charge in [0.15, 0.2) is 0 Å². The Kier molecular flexibility index (Phi) is 3.69. The van der Waals surface area contributed by atoms with Crippen molar-refractivity contribution >= 4 is 23.2 Å². The number of halogens is 2. The lowest BCUT2D eigenvalue weighted by Gasteiger charge is -2.01. The third-order valence-corrected chi connectivity index (χ3v) is 3.19. The van der Waals surface area contributed by atoms with Crippen LogP contribution in [0.2, 0.25) is 5.02 Å². The van der Waals surface area contributed by atoms with E-state index in [2.05, 4.69) is 15.4 Å². The zero-order valence-corrected chi connectivity index (χ0v) is 11.2. The highest BCUT2D eigenvalue weighted by atomic mass is 35.5. The van der Waals surface area contributed by atoms with Gasteiger partial charge in [-0.3, -0.25) is 4.68 Å². The first-order chi connectivity index (χ1) is 8.11. The van der Waals surface area contributed by atoms with Crippen molar-refractivity contribution in [2.45, 2.75) is 19.9 Å². The number of hydrogen-bond acceptors (Lipinski definition) is 3. The minimum absolute atomic E-state index is 0.546. The number of aryl methyl sites for hydroxylation is 3. The van der Waals surface area contributed by atoms with Crippen molar-refractivity contribution in [1.82, 2.24) is 24.8 Å². The van der Waals surface area contributed by atoms with Crippen molar-refractivity contribution in [1.29, 1.82) is 0 Å². The third-order valence-electron chi connectivity index (χ3n) is 2.51. The first-order valence-electron chi connectivity index (χ1n) is 5.24. The molecule has 0 unspecified atom stereocenters. The summed E-state index contributed by atoms with van der Waals surface area (Å²) in [6, 6.07) is 0. The monoisotopic (exact) mass is 273 g/mol. The van der Waals surface area contributed by atoms with Crippen LogP contribution in [0.15, 0.2) is 6.20 Å². The van der Waals surface area contributed by atoms with E-state index in [0.29, 0.717) is 17.4 Å². The molecule has 5 nitrogen and oxygen atoms in total. The van der Waals surface area contributed by atoms with Crippen LogP contribution >= 0.6 is 23.2 Å². The normalized spacial score (nSPS) is 11.1. The van der Waals surface area contributed by atoms with Gasteiger partial charge in [0.25, 0.3) is 0 Å². The van der Waals surface area contributed by atoms with Crippen molar-refractivity contribution in [3.8, 4) is 0 Å². The molecule has 0 aliphatic rings. The molecule has 17 heavy (non-hydrogen) atoms. The minimum atomic E-state index is 0.546. The SMILES string of the molecule is Cc1nn(C)c(Cn2cc(CCCl)nn2)c1Cl. The van der Waals surface area contributed by atoms with Crippen molar-refractivity contribution in [3.05, 3.63) is 28.3 Å². The quantitative estimate of drug-likeness (QED) is 0.799. The molecule has 0 aliphatic carbocycles. The Balaban J connectivity index is 2.19. The maximum Gasteiger partial charge on any atom is 0.0866 e. The van der Waals surface area contributed by atoms with Gasteiger partial charge in [0.1, 0.15) is 0 Å². The van der Waals surface area contributed by atoms with Gasteiger partial charge in [0.2, 0.25) is 0 Å². The standard InChI is InChI=1S/C10H13Cl2N5/c1-7-10(12)9(16(2)14-7)6-17-5-8(3-4-11)13-15-17/h5H,3-4,6H2,1-2H3. The van der Waals surface area contributed by atoms with Crippen LogP contribution in [0.25, 0.3) is 0 Å². The number of alkyl halides is 1. The maximum atomic E-state index is 6.17. The zero-order chi connectivity index (χ0) is 12.4. The Hall–Kier alpha value is -1.07. The van der Waals surface area contributed by atoms with Crippen LogP contribution in [0, 0.1) is 6.92 Å². The number of aromatic nitrogens is 5. The number of rotatable bonds is 4. The van der Waals surface area contributed by atoms with Crippen LogP contribution in [0.4, 0.5) is 0 Å². The second kappa shape index (κ2) is 5.06. The first kappa shape index (κ1) is 12.4. The van der Waals surface area contributed by atoms with Gasteiger partial charge >= 0.3 is 0 Å². The van der Waals surface area contributed by atoms with Gasteiger partial charge in [0.05, 0.1) is 28.6 Å². The molecule has 0 bridgehead atoms. The van der Waals surface area contributed by atoms with Crippen LogP contribution < -0.4 is 0 Å². The Labute approximate surface area is 109 Å². The van der Waals surface area contributed by atoms with E-state index >= 15 is 0 Å². The Bertz CT molecular complexity index is 517. The second-order valence-corrected chi connectivity index (χ2v) is 4.57. The minimum Gasteiger partial charge on any atom is -0.269 e. The summed E-state index contributed by atoms with van der Waals surface area (Å²) in [7, 11) is 1.87. The predicted octanol–water partition coefficient (Wildman–Crippen LogP) is 1.80. The van der Waals surface area contributed by atoms with Crippen molar-refractivity contribution in [2.75, 3.05) is 5.88 Å². The highest BCUT2D eigenvalue weighted by Crippen LogP contribution is 2.19. The fourth-order valence-electron chi connectivity index (χ4n) is 1.63. The number of nitrogens with zero attached hydrogens (tertiary/aromatic N) is 5. The molecule has 0 amide bonds. The molecule has 0 spiro atoms. The topological polar surface area (TPSA) is 48.5 Å². The van der Waals surface area contributed by atoms with E-state index in [0.717, 1.165) is 23.5 Å². The molecule has 7 heteroatoms. The van der Waals surface area contributed by atoms with Crippen molar-refractivity contribution < 1.29 is 0 Å². The van der Waals surface area contributed by atoms with Gasteiger partial charge in [0, 0.05) is 25.5 Å². The van der Waals surface area contributed by atoms with Crippen LogP contribution in [0.1, 0.15) is 17.1 Å². The molecule has 92 valence electrons.